The summed E-state index contributed by atoms with van der Waals surface area (Å²) in [4.78, 5) is 32.1. The molecule has 2 aromatic carbocycles. The number of benzene rings is 2. The third kappa shape index (κ3) is 3.82. The lowest BCUT2D eigenvalue weighted by Crippen LogP contribution is -2.27. The molecule has 0 fully saturated rings. The maximum absolute atomic E-state index is 13.5. The number of methoxy groups -OCH3 is 1. The molecule has 8 heteroatoms. The summed E-state index contributed by atoms with van der Waals surface area (Å²) in [5.41, 5.74) is 1.98. The number of aryl methyl sites for hydroxylation is 1. The number of hydrogen-bond donors (Lipinski definition) is 2. The first kappa shape index (κ1) is 18.7. The third-order valence-electron chi connectivity index (χ3n) is 4.74. The zero-order valence-corrected chi connectivity index (χ0v) is 15.7. The number of carbonyl (C=O) groups is 1. The lowest BCUT2D eigenvalue weighted by molar-refractivity contribution is -0.121. The first-order valence-corrected chi connectivity index (χ1v) is 9.11. The molecule has 2 aromatic heterocycles. The lowest BCUT2D eigenvalue weighted by Gasteiger charge is -2.08. The predicted molar refractivity (Wildman–Crippen MR) is 107 cm³/mol. The highest BCUT2D eigenvalue weighted by atomic mass is 19.1. The van der Waals surface area contributed by atoms with Crippen molar-refractivity contribution in [3.63, 3.8) is 0 Å². The Hall–Kier alpha value is -3.68. The Morgan fingerprint density at radius 1 is 1.28 bits per heavy atom. The molecule has 0 aliphatic heterocycles. The van der Waals surface area contributed by atoms with E-state index in [1.54, 1.807) is 13.2 Å². The number of nitrogens with one attached hydrogen (secondary N) is 2. The van der Waals surface area contributed by atoms with E-state index in [0.717, 1.165) is 11.3 Å². The minimum atomic E-state index is -0.392. The molecule has 0 bridgehead atoms. The molecule has 4 aromatic rings. The lowest BCUT2D eigenvalue weighted by atomic mass is 10.2. The largest absolute Gasteiger partial charge is 0.497 e. The van der Waals surface area contributed by atoms with Crippen LogP contribution in [0.3, 0.4) is 0 Å². The summed E-state index contributed by atoms with van der Waals surface area (Å²) in [5.74, 6) is 0.150. The van der Waals surface area contributed by atoms with Crippen molar-refractivity contribution in [3.05, 3.63) is 70.5 Å². The van der Waals surface area contributed by atoms with E-state index in [2.05, 4.69) is 15.3 Å². The molecule has 0 saturated heterocycles. The zero-order chi connectivity index (χ0) is 20.4. The van der Waals surface area contributed by atoms with Crippen LogP contribution in [0, 0.1) is 5.82 Å². The normalized spacial score (nSPS) is 11.1. The van der Waals surface area contributed by atoms with E-state index >= 15 is 0 Å². The number of aromatic nitrogens is 3. The number of halogens is 1. The summed E-state index contributed by atoms with van der Waals surface area (Å²) in [6.45, 7) is 0.561. The summed E-state index contributed by atoms with van der Waals surface area (Å²) < 4.78 is 20.0. The molecule has 0 radical (unpaired) electrons. The van der Waals surface area contributed by atoms with Crippen LogP contribution < -0.4 is 15.6 Å². The number of ether oxygens (including phenoxy) is 1. The van der Waals surface area contributed by atoms with Crippen LogP contribution in [-0.4, -0.2) is 27.6 Å². The number of aromatic amines is 1. The van der Waals surface area contributed by atoms with E-state index in [0.29, 0.717) is 28.5 Å². The van der Waals surface area contributed by atoms with Gasteiger partial charge in [-0.3, -0.25) is 14.2 Å². The Balaban J connectivity index is 1.45. The van der Waals surface area contributed by atoms with Gasteiger partial charge >= 0.3 is 0 Å². The Morgan fingerprint density at radius 2 is 2.14 bits per heavy atom. The number of nitrogens with zero attached hydrogens (tertiary/aromatic N) is 2. The van der Waals surface area contributed by atoms with Gasteiger partial charge in [0.1, 0.15) is 22.6 Å². The highest BCUT2D eigenvalue weighted by molar-refractivity contribution is 6.04. The monoisotopic (exact) mass is 394 g/mol. The molecule has 0 unspecified atom stereocenters. The Kier molecular flexibility index (Phi) is 4.99. The van der Waals surface area contributed by atoms with Gasteiger partial charge in [0.05, 0.1) is 13.4 Å². The molecule has 2 heterocycles. The van der Waals surface area contributed by atoms with Crippen LogP contribution in [0.15, 0.2) is 53.6 Å². The fourth-order valence-corrected chi connectivity index (χ4v) is 3.21. The smallest absolute Gasteiger partial charge is 0.277 e. The summed E-state index contributed by atoms with van der Waals surface area (Å²) >= 11 is 0. The van der Waals surface area contributed by atoms with Crippen molar-refractivity contribution in [2.75, 3.05) is 7.11 Å². The molecule has 29 heavy (non-hydrogen) atoms. The van der Waals surface area contributed by atoms with Gasteiger partial charge in [0.25, 0.3) is 5.56 Å². The van der Waals surface area contributed by atoms with Gasteiger partial charge in [-0.25, -0.2) is 9.37 Å². The zero-order valence-electron chi connectivity index (χ0n) is 15.7. The molecule has 0 aliphatic carbocycles. The van der Waals surface area contributed by atoms with Crippen molar-refractivity contribution >= 4 is 27.8 Å². The van der Waals surface area contributed by atoms with Crippen LogP contribution in [0.1, 0.15) is 12.0 Å². The molecule has 0 atom stereocenters. The molecule has 0 aliphatic rings. The second kappa shape index (κ2) is 7.75. The Labute approximate surface area is 165 Å². The van der Waals surface area contributed by atoms with Crippen molar-refractivity contribution < 1.29 is 13.9 Å². The van der Waals surface area contributed by atoms with Gasteiger partial charge in [-0.1, -0.05) is 12.1 Å². The van der Waals surface area contributed by atoms with E-state index in [4.69, 9.17) is 4.74 Å². The molecule has 0 spiro atoms. The van der Waals surface area contributed by atoms with E-state index in [1.165, 1.54) is 23.0 Å². The van der Waals surface area contributed by atoms with Gasteiger partial charge in [-0.05, 0) is 35.9 Å². The second-order valence-corrected chi connectivity index (χ2v) is 6.66. The standard InChI is InChI=1S/C21H19FN4O3/c1-29-15-4-2-3-13(9-15)11-23-18(27)7-8-26-12-24-19-16-10-14(22)5-6-17(16)25-20(19)21(26)28/h2-6,9-10,12,25H,7-8,11H2,1H3,(H,23,27). The second-order valence-electron chi connectivity index (χ2n) is 6.66. The molecule has 1 amide bonds. The van der Waals surface area contributed by atoms with Crippen LogP contribution >= 0.6 is 0 Å². The summed E-state index contributed by atoms with van der Waals surface area (Å²) in [5, 5.41) is 3.38. The summed E-state index contributed by atoms with van der Waals surface area (Å²) in [6, 6.07) is 11.7. The summed E-state index contributed by atoms with van der Waals surface area (Å²) in [6.07, 6.45) is 1.52. The molecular weight excluding hydrogens is 375 g/mol. The number of hydrogen-bond acceptors (Lipinski definition) is 4. The van der Waals surface area contributed by atoms with Gasteiger partial charge in [-0.2, -0.15) is 0 Å². The maximum Gasteiger partial charge on any atom is 0.277 e. The van der Waals surface area contributed by atoms with Crippen LogP contribution in [0.5, 0.6) is 5.75 Å². The Morgan fingerprint density at radius 3 is 2.97 bits per heavy atom. The van der Waals surface area contributed by atoms with E-state index in [-0.39, 0.29) is 24.4 Å². The number of rotatable bonds is 6. The van der Waals surface area contributed by atoms with E-state index in [9.17, 15) is 14.0 Å². The van der Waals surface area contributed by atoms with Crippen LogP contribution in [0.25, 0.3) is 21.9 Å². The first-order valence-electron chi connectivity index (χ1n) is 9.11. The highest BCUT2D eigenvalue weighted by Crippen LogP contribution is 2.22. The molecule has 0 saturated carbocycles. The average Bonchev–Trinajstić information content (AvgIpc) is 3.10. The van der Waals surface area contributed by atoms with Gasteiger partial charge in [0.2, 0.25) is 5.91 Å². The predicted octanol–water partition coefficient (Wildman–Crippen LogP) is 2.73. The average molecular weight is 394 g/mol. The molecule has 7 nitrogen and oxygen atoms in total. The minimum Gasteiger partial charge on any atom is -0.497 e. The topological polar surface area (TPSA) is 89.0 Å². The van der Waals surface area contributed by atoms with E-state index in [1.807, 2.05) is 24.3 Å². The van der Waals surface area contributed by atoms with Crippen molar-refractivity contribution in [2.24, 2.45) is 0 Å². The summed E-state index contributed by atoms with van der Waals surface area (Å²) in [7, 11) is 1.59. The van der Waals surface area contributed by atoms with Crippen molar-refractivity contribution in [2.45, 2.75) is 19.5 Å². The highest BCUT2D eigenvalue weighted by Gasteiger charge is 2.12. The van der Waals surface area contributed by atoms with Crippen LogP contribution in [0.2, 0.25) is 0 Å². The Bertz CT molecular complexity index is 1260. The van der Waals surface area contributed by atoms with E-state index < -0.39 is 5.82 Å². The fourth-order valence-electron chi connectivity index (χ4n) is 3.21. The van der Waals surface area contributed by atoms with Crippen molar-refractivity contribution in [1.29, 1.82) is 0 Å². The van der Waals surface area contributed by atoms with Crippen molar-refractivity contribution in [1.82, 2.24) is 19.9 Å². The maximum atomic E-state index is 13.5. The van der Waals surface area contributed by atoms with Gasteiger partial charge in [0, 0.05) is 30.4 Å². The van der Waals surface area contributed by atoms with Gasteiger partial charge in [-0.15, -0.1) is 0 Å². The van der Waals surface area contributed by atoms with Crippen LogP contribution in [0.4, 0.5) is 4.39 Å². The third-order valence-corrected chi connectivity index (χ3v) is 4.74. The minimum absolute atomic E-state index is 0.131. The first-order chi connectivity index (χ1) is 14.0. The van der Waals surface area contributed by atoms with Crippen LogP contribution in [-0.2, 0) is 17.9 Å². The molecular formula is C21H19FN4O3. The number of carbonyl (C=O) groups excluding carboxylic acids is 1. The fraction of sp³-hybridized carbons (Fsp3) is 0.190. The molecule has 4 rings (SSSR count). The van der Waals surface area contributed by atoms with Gasteiger partial charge in [0.15, 0.2) is 0 Å². The molecule has 2 N–H and O–H groups in total. The molecule has 148 valence electrons. The number of amides is 1. The number of fused-ring (bicyclic) bond motifs is 3. The van der Waals surface area contributed by atoms with Gasteiger partial charge < -0.3 is 15.0 Å². The number of H-pyrrole nitrogens is 1. The van der Waals surface area contributed by atoms with Crippen molar-refractivity contribution in [3.8, 4) is 5.75 Å². The SMILES string of the molecule is COc1cccc(CNC(=O)CCn2cnc3c([nH]c4ccc(F)cc43)c2=O)c1. The quantitative estimate of drug-likeness (QED) is 0.526.